The molecule has 3 atom stereocenters. The van der Waals surface area contributed by atoms with Gasteiger partial charge in [-0.1, -0.05) is 25.0 Å². The summed E-state index contributed by atoms with van der Waals surface area (Å²) >= 11 is 0. The highest BCUT2D eigenvalue weighted by atomic mass is 16.2. The molecule has 4 rings (SSSR count). The third kappa shape index (κ3) is 3.02. The lowest BCUT2D eigenvalue weighted by Crippen LogP contribution is -3.15. The predicted molar refractivity (Wildman–Crippen MR) is 102 cm³/mol. The topological polar surface area (TPSA) is 53.9 Å². The van der Waals surface area contributed by atoms with E-state index in [-0.39, 0.29) is 11.8 Å². The van der Waals surface area contributed by atoms with Crippen molar-refractivity contribution in [2.45, 2.75) is 51.5 Å². The van der Waals surface area contributed by atoms with Gasteiger partial charge in [-0.2, -0.15) is 0 Å². The molecule has 5 nitrogen and oxygen atoms in total. The number of piperidine rings is 1. The molecule has 2 aliphatic heterocycles. The summed E-state index contributed by atoms with van der Waals surface area (Å²) in [6, 6.07) is 7.60. The number of nitrogens with one attached hydrogen (secondary N) is 2. The molecule has 0 spiro atoms. The Kier molecular flexibility index (Phi) is 4.51. The average Bonchev–Trinajstić information content (AvgIpc) is 2.62. The van der Waals surface area contributed by atoms with E-state index in [1.165, 1.54) is 37.0 Å². The number of para-hydroxylation sites is 2. The van der Waals surface area contributed by atoms with E-state index in [1.54, 1.807) is 4.90 Å². The molecule has 0 radical (unpaired) electrons. The molecular formula is C21H30N3O2+. The van der Waals surface area contributed by atoms with Gasteiger partial charge in [-0.15, -0.1) is 0 Å². The van der Waals surface area contributed by atoms with Gasteiger partial charge >= 0.3 is 0 Å². The minimum absolute atomic E-state index is 0.0570. The second-order valence-corrected chi connectivity index (χ2v) is 8.73. The number of anilines is 2. The highest BCUT2D eigenvalue weighted by Crippen LogP contribution is 2.36. The maximum absolute atomic E-state index is 13.3. The van der Waals surface area contributed by atoms with Gasteiger partial charge in [0.15, 0.2) is 6.54 Å². The van der Waals surface area contributed by atoms with E-state index in [0.29, 0.717) is 6.54 Å². The van der Waals surface area contributed by atoms with Crippen LogP contribution < -0.4 is 15.1 Å². The molecule has 1 saturated heterocycles. The van der Waals surface area contributed by atoms with Crippen LogP contribution in [0.1, 0.15) is 46.0 Å². The zero-order valence-electron chi connectivity index (χ0n) is 15.9. The quantitative estimate of drug-likeness (QED) is 0.850. The number of rotatable bonds is 2. The third-order valence-corrected chi connectivity index (χ3v) is 6.64. The summed E-state index contributed by atoms with van der Waals surface area (Å²) in [5.41, 5.74) is 0.675. The highest BCUT2D eigenvalue weighted by Gasteiger charge is 2.45. The van der Waals surface area contributed by atoms with Gasteiger partial charge in [0.2, 0.25) is 5.91 Å². The van der Waals surface area contributed by atoms with Crippen molar-refractivity contribution in [3.63, 3.8) is 0 Å². The van der Waals surface area contributed by atoms with Gasteiger partial charge in [-0.25, -0.2) is 0 Å². The normalized spacial score (nSPS) is 30.2. The molecule has 2 amide bonds. The smallest absolute Gasteiger partial charge is 0.283 e. The molecule has 140 valence electrons. The average molecular weight is 356 g/mol. The van der Waals surface area contributed by atoms with Crippen molar-refractivity contribution in [2.75, 3.05) is 29.9 Å². The van der Waals surface area contributed by atoms with Crippen LogP contribution in [0.3, 0.4) is 0 Å². The molecule has 26 heavy (non-hydrogen) atoms. The van der Waals surface area contributed by atoms with E-state index in [9.17, 15) is 9.59 Å². The van der Waals surface area contributed by atoms with Gasteiger partial charge < -0.3 is 10.2 Å². The Morgan fingerprint density at radius 1 is 1.19 bits per heavy atom. The largest absolute Gasteiger partial charge is 0.327 e. The molecule has 3 aliphatic rings. The van der Waals surface area contributed by atoms with Crippen molar-refractivity contribution in [1.82, 2.24) is 0 Å². The monoisotopic (exact) mass is 356 g/mol. The first-order valence-electron chi connectivity index (χ1n) is 10.0. The Hall–Kier alpha value is -1.88. The molecule has 1 aromatic carbocycles. The number of amides is 2. The Morgan fingerprint density at radius 3 is 2.73 bits per heavy atom. The fraction of sp³-hybridized carbons (Fsp3) is 0.619. The fourth-order valence-electron chi connectivity index (χ4n) is 5.15. The maximum Gasteiger partial charge on any atom is 0.283 e. The number of carbonyl (C=O) groups excluding carboxylic acids is 2. The number of carbonyl (C=O) groups is 2. The number of hydrogen-bond acceptors (Lipinski definition) is 2. The van der Waals surface area contributed by atoms with Crippen LogP contribution in [0.2, 0.25) is 0 Å². The first-order valence-corrected chi connectivity index (χ1v) is 10.0. The minimum atomic E-state index is -0.867. The number of fused-ring (bicyclic) bond motifs is 2. The summed E-state index contributed by atoms with van der Waals surface area (Å²) in [5.74, 6) is 1.60. The minimum Gasteiger partial charge on any atom is -0.327 e. The van der Waals surface area contributed by atoms with Gasteiger partial charge in [-0.05, 0) is 51.2 Å². The summed E-state index contributed by atoms with van der Waals surface area (Å²) in [6.45, 7) is 6.33. The lowest BCUT2D eigenvalue weighted by atomic mass is 9.75. The summed E-state index contributed by atoms with van der Waals surface area (Å²) in [6.07, 6.45) is 6.66. The van der Waals surface area contributed by atoms with Crippen LogP contribution in [0.25, 0.3) is 0 Å². The number of likely N-dealkylation sites (tertiary alicyclic amines) is 1. The molecule has 2 heterocycles. The van der Waals surface area contributed by atoms with E-state index in [4.69, 9.17) is 0 Å². The molecule has 0 bridgehead atoms. The van der Waals surface area contributed by atoms with Crippen molar-refractivity contribution < 1.29 is 14.5 Å². The van der Waals surface area contributed by atoms with Crippen LogP contribution in [-0.2, 0) is 9.59 Å². The van der Waals surface area contributed by atoms with Crippen LogP contribution in [0.15, 0.2) is 24.3 Å². The molecule has 1 aliphatic carbocycles. The van der Waals surface area contributed by atoms with Crippen LogP contribution >= 0.6 is 0 Å². The van der Waals surface area contributed by atoms with Crippen molar-refractivity contribution in [3.05, 3.63) is 24.3 Å². The number of nitrogens with zero attached hydrogens (tertiary/aromatic N) is 1. The Morgan fingerprint density at radius 2 is 1.92 bits per heavy atom. The Bertz CT molecular complexity index is 715. The molecule has 2 N–H and O–H groups in total. The molecule has 1 saturated carbocycles. The summed E-state index contributed by atoms with van der Waals surface area (Å²) in [7, 11) is 0. The summed E-state index contributed by atoms with van der Waals surface area (Å²) in [4.78, 5) is 28.9. The van der Waals surface area contributed by atoms with Crippen molar-refractivity contribution in [1.29, 1.82) is 0 Å². The van der Waals surface area contributed by atoms with Gasteiger partial charge in [0.05, 0.1) is 24.5 Å². The van der Waals surface area contributed by atoms with Crippen LogP contribution in [0, 0.1) is 11.8 Å². The van der Waals surface area contributed by atoms with Gasteiger partial charge in [0, 0.05) is 5.92 Å². The van der Waals surface area contributed by atoms with E-state index < -0.39 is 5.54 Å². The van der Waals surface area contributed by atoms with Crippen LogP contribution in [0.4, 0.5) is 11.4 Å². The maximum atomic E-state index is 13.3. The van der Waals surface area contributed by atoms with Crippen molar-refractivity contribution in [3.8, 4) is 0 Å². The number of hydrogen-bond donors (Lipinski definition) is 2. The lowest BCUT2D eigenvalue weighted by Gasteiger charge is -2.43. The number of quaternary nitrogens is 1. The van der Waals surface area contributed by atoms with E-state index in [0.717, 1.165) is 36.3 Å². The van der Waals surface area contributed by atoms with Gasteiger partial charge in [0.25, 0.3) is 5.91 Å². The zero-order valence-corrected chi connectivity index (χ0v) is 15.9. The third-order valence-electron chi connectivity index (χ3n) is 6.64. The first-order chi connectivity index (χ1) is 12.5. The lowest BCUT2D eigenvalue weighted by molar-refractivity contribution is -0.902. The molecular weight excluding hydrogens is 326 g/mol. The van der Waals surface area contributed by atoms with Crippen molar-refractivity contribution >= 4 is 23.2 Å². The standard InChI is InChI=1S/C21H29N3O2/c1-21(2)20(26)22-17-9-5-6-10-18(17)24(21)19(25)14-23-12-11-15-7-3-4-8-16(15)13-23/h5-6,9-10,15-16H,3-4,7-8,11-14H2,1-2H3,(H,22,26)/p+1/t15-,16-/m1/s1. The van der Waals surface area contributed by atoms with E-state index in [1.807, 2.05) is 38.1 Å². The van der Waals surface area contributed by atoms with Gasteiger partial charge in [0.1, 0.15) is 5.54 Å². The first kappa shape index (κ1) is 17.5. The van der Waals surface area contributed by atoms with Gasteiger partial charge in [-0.3, -0.25) is 14.5 Å². The van der Waals surface area contributed by atoms with E-state index >= 15 is 0 Å². The Balaban J connectivity index is 1.52. The molecule has 5 heteroatoms. The van der Waals surface area contributed by atoms with E-state index in [2.05, 4.69) is 5.32 Å². The highest BCUT2D eigenvalue weighted by molar-refractivity contribution is 6.14. The van der Waals surface area contributed by atoms with Crippen LogP contribution in [0.5, 0.6) is 0 Å². The molecule has 2 fully saturated rings. The van der Waals surface area contributed by atoms with Crippen molar-refractivity contribution in [2.24, 2.45) is 11.8 Å². The summed E-state index contributed by atoms with van der Waals surface area (Å²) in [5, 5.41) is 2.94. The SMILES string of the molecule is CC1(C)C(=O)Nc2ccccc2N1C(=O)C[NH+]1CC[C@H]2CCCC[C@@H]2C1. The summed E-state index contributed by atoms with van der Waals surface area (Å²) < 4.78 is 0. The Labute approximate surface area is 155 Å². The number of benzene rings is 1. The van der Waals surface area contributed by atoms with Crippen LogP contribution in [-0.4, -0.2) is 37.0 Å². The fourth-order valence-corrected chi connectivity index (χ4v) is 5.15. The predicted octanol–water partition coefficient (Wildman–Crippen LogP) is 1.85. The second kappa shape index (κ2) is 6.69. The zero-order chi connectivity index (χ0) is 18.3. The molecule has 1 unspecified atom stereocenters. The molecule has 1 aromatic rings. The second-order valence-electron chi connectivity index (χ2n) is 8.73. The molecule has 0 aromatic heterocycles.